The molecule has 3 amide bonds. The van der Waals surface area contributed by atoms with E-state index >= 15 is 0 Å². The summed E-state index contributed by atoms with van der Waals surface area (Å²) in [4.78, 5) is 25.2. The molecule has 6 heteroatoms. The summed E-state index contributed by atoms with van der Waals surface area (Å²) in [5.74, 6) is -0.334. The van der Waals surface area contributed by atoms with Crippen molar-refractivity contribution in [2.45, 2.75) is 26.3 Å². The van der Waals surface area contributed by atoms with Gasteiger partial charge < -0.3 is 16.0 Å². The largest absolute Gasteiger partial charge is 0.397 e. The Morgan fingerprint density at radius 2 is 2.15 bits per heavy atom. The minimum Gasteiger partial charge on any atom is -0.397 e. The number of nitrogens with zero attached hydrogens (tertiary/aromatic N) is 1. The molecule has 1 aliphatic heterocycles. The van der Waals surface area contributed by atoms with E-state index < -0.39 is 6.03 Å². The summed E-state index contributed by atoms with van der Waals surface area (Å²) in [5, 5.41) is 4.93. The third kappa shape index (κ3) is 3.20. The lowest BCUT2D eigenvalue weighted by molar-refractivity contribution is -0.118. The smallest absolute Gasteiger partial charge is 0.321 e. The molecule has 0 saturated heterocycles. The van der Waals surface area contributed by atoms with Crippen LogP contribution in [0.1, 0.15) is 19.4 Å². The van der Waals surface area contributed by atoms with Gasteiger partial charge in [-0.15, -0.1) is 0 Å². The molecule has 2 rings (SSSR count). The molecule has 0 unspecified atom stereocenters. The number of carbonyl (C=O) groups excluding carboxylic acids is 2. The number of rotatable bonds is 3. The van der Waals surface area contributed by atoms with Crippen molar-refractivity contribution < 1.29 is 9.59 Å². The van der Waals surface area contributed by atoms with E-state index in [0.717, 1.165) is 24.2 Å². The standard InChI is InChI=1S/C14H20N4O2/c1-9(2)16-14(20)17-12(19)8-18-7-6-10-4-3-5-11(15)13(10)18/h3-5,9H,6-8,15H2,1-2H3,(H2,16,17,19,20). The molecule has 1 aromatic carbocycles. The monoisotopic (exact) mass is 276 g/mol. The van der Waals surface area contributed by atoms with E-state index in [4.69, 9.17) is 5.73 Å². The second-order valence-electron chi connectivity index (χ2n) is 5.20. The summed E-state index contributed by atoms with van der Waals surface area (Å²) < 4.78 is 0. The van der Waals surface area contributed by atoms with Gasteiger partial charge in [-0.1, -0.05) is 12.1 Å². The molecule has 0 aliphatic carbocycles. The van der Waals surface area contributed by atoms with Crippen LogP contribution in [0.25, 0.3) is 0 Å². The van der Waals surface area contributed by atoms with E-state index in [0.29, 0.717) is 5.69 Å². The first-order valence-electron chi connectivity index (χ1n) is 6.70. The number of nitrogen functional groups attached to an aromatic ring is 1. The normalized spacial score (nSPS) is 13.2. The van der Waals surface area contributed by atoms with Gasteiger partial charge >= 0.3 is 6.03 Å². The molecule has 4 N–H and O–H groups in total. The van der Waals surface area contributed by atoms with Gasteiger partial charge in [-0.05, 0) is 31.9 Å². The molecule has 108 valence electrons. The molecule has 0 fully saturated rings. The molecule has 1 aromatic rings. The fourth-order valence-electron chi connectivity index (χ4n) is 2.36. The van der Waals surface area contributed by atoms with E-state index in [1.165, 1.54) is 0 Å². The van der Waals surface area contributed by atoms with Crippen LogP contribution >= 0.6 is 0 Å². The van der Waals surface area contributed by atoms with Crippen molar-refractivity contribution in [1.82, 2.24) is 10.6 Å². The number of urea groups is 1. The number of nitrogens with one attached hydrogen (secondary N) is 2. The van der Waals surface area contributed by atoms with Gasteiger partial charge in [0.05, 0.1) is 17.9 Å². The minimum atomic E-state index is -0.467. The van der Waals surface area contributed by atoms with Crippen LogP contribution in [0.2, 0.25) is 0 Å². The minimum absolute atomic E-state index is 0.00837. The summed E-state index contributed by atoms with van der Waals surface area (Å²) in [7, 11) is 0. The van der Waals surface area contributed by atoms with Crippen LogP contribution in [0.5, 0.6) is 0 Å². The Kier molecular flexibility index (Phi) is 4.12. The average molecular weight is 276 g/mol. The second-order valence-corrected chi connectivity index (χ2v) is 5.20. The zero-order valence-electron chi connectivity index (χ0n) is 11.8. The summed E-state index contributed by atoms with van der Waals surface area (Å²) in [6.07, 6.45) is 0.867. The lowest BCUT2D eigenvalue weighted by atomic mass is 10.1. The van der Waals surface area contributed by atoms with Crippen molar-refractivity contribution in [3.8, 4) is 0 Å². The van der Waals surface area contributed by atoms with Gasteiger partial charge in [0, 0.05) is 12.6 Å². The Labute approximate surface area is 118 Å². The lowest BCUT2D eigenvalue weighted by Gasteiger charge is -2.20. The molecular weight excluding hydrogens is 256 g/mol. The Bertz CT molecular complexity index is 528. The number of hydrogen-bond donors (Lipinski definition) is 3. The van der Waals surface area contributed by atoms with Crippen LogP contribution in [0.4, 0.5) is 16.2 Å². The van der Waals surface area contributed by atoms with Gasteiger partial charge in [-0.3, -0.25) is 10.1 Å². The van der Waals surface area contributed by atoms with Crippen molar-refractivity contribution >= 4 is 23.3 Å². The van der Waals surface area contributed by atoms with Crippen molar-refractivity contribution in [1.29, 1.82) is 0 Å². The predicted octanol–water partition coefficient (Wildman–Crippen LogP) is 0.865. The third-order valence-electron chi connectivity index (χ3n) is 3.13. The fourth-order valence-corrected chi connectivity index (χ4v) is 2.36. The van der Waals surface area contributed by atoms with Crippen molar-refractivity contribution in [2.75, 3.05) is 23.7 Å². The molecule has 0 bridgehead atoms. The van der Waals surface area contributed by atoms with Gasteiger partial charge in [-0.2, -0.15) is 0 Å². The third-order valence-corrected chi connectivity index (χ3v) is 3.13. The molecule has 1 heterocycles. The molecule has 0 saturated carbocycles. The second kappa shape index (κ2) is 5.81. The highest BCUT2D eigenvalue weighted by Crippen LogP contribution is 2.33. The van der Waals surface area contributed by atoms with Gasteiger partial charge in [0.15, 0.2) is 0 Å². The summed E-state index contributed by atoms with van der Waals surface area (Å²) in [6, 6.07) is 5.26. The van der Waals surface area contributed by atoms with E-state index in [1.807, 2.05) is 36.9 Å². The number of carbonyl (C=O) groups is 2. The Morgan fingerprint density at radius 1 is 1.40 bits per heavy atom. The molecule has 0 spiro atoms. The van der Waals surface area contributed by atoms with Crippen LogP contribution in [0.3, 0.4) is 0 Å². The van der Waals surface area contributed by atoms with Crippen molar-refractivity contribution in [3.05, 3.63) is 23.8 Å². The predicted molar refractivity (Wildman–Crippen MR) is 78.6 cm³/mol. The van der Waals surface area contributed by atoms with Crippen LogP contribution < -0.4 is 21.3 Å². The van der Waals surface area contributed by atoms with Crippen molar-refractivity contribution in [3.63, 3.8) is 0 Å². The Morgan fingerprint density at radius 3 is 2.85 bits per heavy atom. The first-order valence-corrected chi connectivity index (χ1v) is 6.70. The highest BCUT2D eigenvalue weighted by Gasteiger charge is 2.23. The van der Waals surface area contributed by atoms with Crippen LogP contribution in [0.15, 0.2) is 18.2 Å². The van der Waals surface area contributed by atoms with E-state index in [9.17, 15) is 9.59 Å². The van der Waals surface area contributed by atoms with Gasteiger partial charge in [0.1, 0.15) is 0 Å². The number of amides is 3. The average Bonchev–Trinajstić information content (AvgIpc) is 2.72. The maximum absolute atomic E-state index is 11.9. The molecule has 6 nitrogen and oxygen atoms in total. The molecular formula is C14H20N4O2. The van der Waals surface area contributed by atoms with Gasteiger partial charge in [-0.25, -0.2) is 4.79 Å². The molecule has 1 aliphatic rings. The van der Waals surface area contributed by atoms with Crippen LogP contribution in [-0.2, 0) is 11.2 Å². The number of para-hydroxylation sites is 1. The van der Waals surface area contributed by atoms with E-state index in [1.54, 1.807) is 0 Å². The maximum atomic E-state index is 11.9. The highest BCUT2D eigenvalue weighted by molar-refractivity contribution is 5.97. The van der Waals surface area contributed by atoms with Gasteiger partial charge in [0.2, 0.25) is 5.91 Å². The first kappa shape index (κ1) is 14.2. The lowest BCUT2D eigenvalue weighted by Crippen LogP contribution is -2.46. The molecule has 0 atom stereocenters. The SMILES string of the molecule is CC(C)NC(=O)NC(=O)CN1CCc2cccc(N)c21. The van der Waals surface area contributed by atoms with Crippen LogP contribution in [0, 0.1) is 0 Å². The van der Waals surface area contributed by atoms with E-state index in [2.05, 4.69) is 10.6 Å². The molecule has 20 heavy (non-hydrogen) atoms. The summed E-state index contributed by atoms with van der Waals surface area (Å²) in [5.41, 5.74) is 8.67. The highest BCUT2D eigenvalue weighted by atomic mass is 16.2. The van der Waals surface area contributed by atoms with E-state index in [-0.39, 0.29) is 18.5 Å². The first-order chi connectivity index (χ1) is 9.47. The zero-order chi connectivity index (χ0) is 14.7. The number of benzene rings is 1. The Balaban J connectivity index is 1.96. The maximum Gasteiger partial charge on any atom is 0.321 e. The molecule has 0 radical (unpaired) electrons. The number of nitrogens with two attached hydrogens (primary N) is 1. The summed E-state index contributed by atoms with van der Waals surface area (Å²) >= 11 is 0. The Hall–Kier alpha value is -2.24. The number of hydrogen-bond acceptors (Lipinski definition) is 4. The number of anilines is 2. The van der Waals surface area contributed by atoms with Crippen LogP contribution in [-0.4, -0.2) is 31.1 Å². The van der Waals surface area contributed by atoms with Gasteiger partial charge in [0.25, 0.3) is 0 Å². The topological polar surface area (TPSA) is 87.5 Å². The fraction of sp³-hybridized carbons (Fsp3) is 0.429. The number of imide groups is 1. The zero-order valence-corrected chi connectivity index (χ0v) is 11.8. The summed E-state index contributed by atoms with van der Waals surface area (Å²) in [6.45, 7) is 4.54. The molecule has 0 aromatic heterocycles. The van der Waals surface area contributed by atoms with Crippen molar-refractivity contribution in [2.24, 2.45) is 0 Å². The quantitative estimate of drug-likeness (QED) is 0.715. The number of fused-ring (bicyclic) bond motifs is 1.